The Labute approximate surface area is 116 Å². The molecule has 0 bridgehead atoms. The first-order chi connectivity index (χ1) is 9.58. The Bertz CT molecular complexity index is 621. The number of carbonyl (C=O) groups is 2. The largest absolute Gasteiger partial charge is 0.481 e. The average molecular weight is 275 g/mol. The van der Waals surface area contributed by atoms with Crippen LogP contribution in [0, 0.1) is 0 Å². The minimum Gasteiger partial charge on any atom is -0.481 e. The third-order valence-electron chi connectivity index (χ3n) is 3.09. The summed E-state index contributed by atoms with van der Waals surface area (Å²) < 4.78 is 0. The smallest absolute Gasteiger partial charge is 0.305 e. The van der Waals surface area contributed by atoms with Gasteiger partial charge < -0.3 is 21.1 Å². The first kappa shape index (κ1) is 14.1. The van der Waals surface area contributed by atoms with Gasteiger partial charge >= 0.3 is 5.97 Å². The van der Waals surface area contributed by atoms with Crippen molar-refractivity contribution in [2.24, 2.45) is 5.73 Å². The van der Waals surface area contributed by atoms with E-state index in [1.807, 2.05) is 30.5 Å². The van der Waals surface area contributed by atoms with Crippen LogP contribution < -0.4 is 11.1 Å². The molecule has 1 unspecified atom stereocenters. The highest BCUT2D eigenvalue weighted by Gasteiger charge is 2.15. The van der Waals surface area contributed by atoms with Crippen molar-refractivity contribution in [3.63, 3.8) is 0 Å². The van der Waals surface area contributed by atoms with Crippen molar-refractivity contribution >= 4 is 22.8 Å². The number of aromatic nitrogens is 1. The minimum absolute atomic E-state index is 0.0930. The molecule has 0 saturated heterocycles. The molecule has 0 aliphatic heterocycles. The predicted molar refractivity (Wildman–Crippen MR) is 75.2 cm³/mol. The van der Waals surface area contributed by atoms with E-state index in [4.69, 9.17) is 10.8 Å². The lowest BCUT2D eigenvalue weighted by Gasteiger charge is -2.11. The zero-order chi connectivity index (χ0) is 14.5. The van der Waals surface area contributed by atoms with Crippen LogP contribution in [0.2, 0.25) is 0 Å². The highest BCUT2D eigenvalue weighted by Crippen LogP contribution is 2.18. The number of benzene rings is 1. The molecule has 20 heavy (non-hydrogen) atoms. The molecule has 0 saturated carbocycles. The van der Waals surface area contributed by atoms with Crippen LogP contribution in [0.1, 0.15) is 12.0 Å². The molecule has 5 N–H and O–H groups in total. The number of nitrogens with one attached hydrogen (secondary N) is 2. The molecule has 6 nitrogen and oxygen atoms in total. The molecule has 1 aromatic carbocycles. The summed E-state index contributed by atoms with van der Waals surface area (Å²) in [6, 6.07) is 7.09. The summed E-state index contributed by atoms with van der Waals surface area (Å²) in [5.41, 5.74) is 7.82. The lowest BCUT2D eigenvalue weighted by atomic mass is 10.1. The van der Waals surface area contributed by atoms with E-state index < -0.39 is 12.0 Å². The van der Waals surface area contributed by atoms with E-state index in [0.717, 1.165) is 16.5 Å². The Hall–Kier alpha value is -2.34. The van der Waals surface area contributed by atoms with Crippen LogP contribution in [0.5, 0.6) is 0 Å². The van der Waals surface area contributed by atoms with Crippen molar-refractivity contribution in [1.29, 1.82) is 0 Å². The molecule has 6 heteroatoms. The quantitative estimate of drug-likeness (QED) is 0.620. The number of para-hydroxylation sites is 1. The highest BCUT2D eigenvalue weighted by molar-refractivity contribution is 5.86. The van der Waals surface area contributed by atoms with Crippen LogP contribution in [-0.4, -0.2) is 34.6 Å². The Kier molecular flexibility index (Phi) is 4.37. The third-order valence-corrected chi connectivity index (χ3v) is 3.09. The maximum atomic E-state index is 11.7. The molecule has 106 valence electrons. The molecule has 2 rings (SSSR count). The molecular formula is C14H17N3O3. The number of H-pyrrole nitrogens is 1. The standard InChI is InChI=1S/C14H17N3O3/c15-11(14(20)16-6-5-13(18)19)7-9-8-17-12-4-2-1-3-10(9)12/h1-4,8,11,17H,5-7,15H2,(H,16,20)(H,18,19). The fraction of sp³-hybridized carbons (Fsp3) is 0.286. The van der Waals surface area contributed by atoms with Crippen molar-refractivity contribution in [3.05, 3.63) is 36.0 Å². The number of aliphatic carboxylic acids is 1. The van der Waals surface area contributed by atoms with E-state index in [-0.39, 0.29) is 18.9 Å². The number of fused-ring (bicyclic) bond motifs is 1. The Morgan fingerprint density at radius 3 is 2.85 bits per heavy atom. The molecule has 0 fully saturated rings. The summed E-state index contributed by atoms with van der Waals surface area (Å²) in [7, 11) is 0. The highest BCUT2D eigenvalue weighted by atomic mass is 16.4. The van der Waals surface area contributed by atoms with Crippen LogP contribution in [0.25, 0.3) is 10.9 Å². The number of amides is 1. The Morgan fingerprint density at radius 1 is 1.35 bits per heavy atom. The topological polar surface area (TPSA) is 108 Å². The summed E-state index contributed by atoms with van der Waals surface area (Å²) in [6.45, 7) is 0.0930. The van der Waals surface area contributed by atoms with Gasteiger partial charge in [-0.2, -0.15) is 0 Å². The van der Waals surface area contributed by atoms with Gasteiger partial charge in [-0.3, -0.25) is 9.59 Å². The third kappa shape index (κ3) is 3.36. The van der Waals surface area contributed by atoms with Crippen molar-refractivity contribution in [1.82, 2.24) is 10.3 Å². The van der Waals surface area contributed by atoms with E-state index in [9.17, 15) is 9.59 Å². The number of nitrogens with two attached hydrogens (primary N) is 1. The Morgan fingerprint density at radius 2 is 2.10 bits per heavy atom. The molecular weight excluding hydrogens is 258 g/mol. The van der Waals surface area contributed by atoms with E-state index in [1.165, 1.54) is 0 Å². The van der Waals surface area contributed by atoms with Gasteiger partial charge in [0.05, 0.1) is 12.5 Å². The second-order valence-electron chi connectivity index (χ2n) is 4.60. The molecule has 0 spiro atoms. The van der Waals surface area contributed by atoms with Gasteiger partial charge in [-0.25, -0.2) is 0 Å². The molecule has 1 atom stereocenters. The van der Waals surface area contributed by atoms with Crippen molar-refractivity contribution in [2.75, 3.05) is 6.54 Å². The number of rotatable bonds is 6. The number of hydrogen-bond donors (Lipinski definition) is 4. The lowest BCUT2D eigenvalue weighted by molar-refractivity contribution is -0.136. The van der Waals surface area contributed by atoms with E-state index >= 15 is 0 Å². The van der Waals surface area contributed by atoms with Crippen molar-refractivity contribution in [2.45, 2.75) is 18.9 Å². The van der Waals surface area contributed by atoms with Crippen LogP contribution in [0.15, 0.2) is 30.5 Å². The fourth-order valence-electron chi connectivity index (χ4n) is 2.05. The van der Waals surface area contributed by atoms with Gasteiger partial charge in [0.25, 0.3) is 0 Å². The van der Waals surface area contributed by atoms with Gasteiger partial charge in [0, 0.05) is 23.6 Å². The molecule has 1 amide bonds. The zero-order valence-electron chi connectivity index (χ0n) is 10.9. The summed E-state index contributed by atoms with van der Waals surface area (Å²) in [6.07, 6.45) is 2.14. The molecule has 1 aromatic heterocycles. The predicted octanol–water partition coefficient (Wildman–Crippen LogP) is 0.629. The number of carboxylic acid groups (broad SMARTS) is 1. The molecule has 0 aliphatic carbocycles. The van der Waals surface area contributed by atoms with Crippen LogP contribution in [-0.2, 0) is 16.0 Å². The number of hydrogen-bond acceptors (Lipinski definition) is 3. The monoisotopic (exact) mass is 275 g/mol. The first-order valence-corrected chi connectivity index (χ1v) is 6.38. The van der Waals surface area contributed by atoms with Gasteiger partial charge in [-0.15, -0.1) is 0 Å². The Balaban J connectivity index is 1.95. The second-order valence-corrected chi connectivity index (χ2v) is 4.60. The van der Waals surface area contributed by atoms with Gasteiger partial charge in [0.15, 0.2) is 0 Å². The number of carbonyl (C=O) groups excluding carboxylic acids is 1. The van der Waals surface area contributed by atoms with E-state index in [0.29, 0.717) is 6.42 Å². The van der Waals surface area contributed by atoms with E-state index in [2.05, 4.69) is 10.3 Å². The summed E-state index contributed by atoms with van der Waals surface area (Å²) in [5, 5.41) is 12.1. The number of carboxylic acids is 1. The van der Waals surface area contributed by atoms with E-state index in [1.54, 1.807) is 0 Å². The minimum atomic E-state index is -0.949. The normalized spacial score (nSPS) is 12.2. The van der Waals surface area contributed by atoms with Crippen LogP contribution in [0.3, 0.4) is 0 Å². The second kappa shape index (κ2) is 6.21. The van der Waals surface area contributed by atoms with Crippen molar-refractivity contribution < 1.29 is 14.7 Å². The van der Waals surface area contributed by atoms with Crippen molar-refractivity contribution in [3.8, 4) is 0 Å². The fourth-order valence-corrected chi connectivity index (χ4v) is 2.05. The van der Waals surface area contributed by atoms with Gasteiger partial charge in [0.2, 0.25) is 5.91 Å². The van der Waals surface area contributed by atoms with Crippen LogP contribution >= 0.6 is 0 Å². The molecule has 1 heterocycles. The lowest BCUT2D eigenvalue weighted by Crippen LogP contribution is -2.42. The van der Waals surface area contributed by atoms with Gasteiger partial charge in [-0.1, -0.05) is 18.2 Å². The van der Waals surface area contributed by atoms with Crippen LogP contribution in [0.4, 0.5) is 0 Å². The SMILES string of the molecule is NC(Cc1c[nH]c2ccccc12)C(=O)NCCC(=O)O. The summed E-state index contributed by atoms with van der Waals surface area (Å²) >= 11 is 0. The van der Waals surface area contributed by atoms with Gasteiger partial charge in [0.1, 0.15) is 0 Å². The summed E-state index contributed by atoms with van der Waals surface area (Å²) in [5.74, 6) is -1.29. The molecule has 2 aromatic rings. The maximum absolute atomic E-state index is 11.7. The summed E-state index contributed by atoms with van der Waals surface area (Å²) in [4.78, 5) is 25.2. The maximum Gasteiger partial charge on any atom is 0.305 e. The molecule has 0 radical (unpaired) electrons. The molecule has 0 aliphatic rings. The number of aromatic amines is 1. The zero-order valence-corrected chi connectivity index (χ0v) is 10.9. The first-order valence-electron chi connectivity index (χ1n) is 6.38. The average Bonchev–Trinajstić information content (AvgIpc) is 2.81. The van der Waals surface area contributed by atoms with Gasteiger partial charge in [-0.05, 0) is 18.1 Å².